The molecule has 0 fully saturated rings. The number of nitrogens with zero attached hydrogens (tertiary/aromatic N) is 3. The largest absolute Gasteiger partial charge is 0.469 e. The number of hydrogen-bond donors (Lipinski definition) is 3. The molecule has 0 aliphatic carbocycles. The Morgan fingerprint density at radius 3 is 2.36 bits per heavy atom. The van der Waals surface area contributed by atoms with Crippen LogP contribution in [0.4, 0.5) is 4.39 Å². The van der Waals surface area contributed by atoms with Gasteiger partial charge in [0, 0.05) is 17.1 Å². The second-order valence-corrected chi connectivity index (χ2v) is 11.8. The van der Waals surface area contributed by atoms with Crippen LogP contribution in [0, 0.1) is 17.7 Å². The predicted octanol–water partition coefficient (Wildman–Crippen LogP) is 3.41. The third kappa shape index (κ3) is 10.1. The summed E-state index contributed by atoms with van der Waals surface area (Å²) < 4.78 is 30.0. The van der Waals surface area contributed by atoms with Gasteiger partial charge in [-0.2, -0.15) is 4.68 Å². The zero-order chi connectivity index (χ0) is 36.4. The molecule has 0 saturated heterocycles. The van der Waals surface area contributed by atoms with Crippen molar-refractivity contribution in [1.82, 2.24) is 25.2 Å². The quantitative estimate of drug-likeness (QED) is 0.0934. The van der Waals surface area contributed by atoms with Crippen LogP contribution in [0.2, 0.25) is 5.02 Å². The molecule has 4 rings (SSSR count). The summed E-state index contributed by atoms with van der Waals surface area (Å²) in [6, 6.07) is 19.1. The Bertz CT molecular complexity index is 1860. The van der Waals surface area contributed by atoms with Gasteiger partial charge in [-0.05, 0) is 47.4 Å². The summed E-state index contributed by atoms with van der Waals surface area (Å²) in [7, 11) is 1.19. The normalized spacial score (nSPS) is 12.3. The SMILES string of the molecule is COC(=O)C[C@H](C(=O)OCOC(=O)[C@H](O)CN(Cc1ccc(-c2cc(Cl)ccc2F)cc1)NC(=O)c1nn(-c2ccccc2)c(=O)[nH]1)C(C)C. The molecule has 1 amide bonds. The zero-order valence-corrected chi connectivity index (χ0v) is 28.1. The van der Waals surface area contributed by atoms with Crippen molar-refractivity contribution in [2.24, 2.45) is 11.8 Å². The van der Waals surface area contributed by atoms with Crippen LogP contribution in [0.5, 0.6) is 0 Å². The van der Waals surface area contributed by atoms with Gasteiger partial charge in [0.15, 0.2) is 6.10 Å². The maximum Gasteiger partial charge on any atom is 0.348 e. The third-order valence-corrected chi connectivity index (χ3v) is 7.68. The van der Waals surface area contributed by atoms with E-state index in [1.165, 1.54) is 30.3 Å². The molecule has 0 unspecified atom stereocenters. The minimum atomic E-state index is -1.86. The number of H-pyrrole nitrogens is 1. The molecule has 50 heavy (non-hydrogen) atoms. The molecular formula is C34H35ClFN5O9. The molecule has 0 aliphatic rings. The maximum absolute atomic E-state index is 14.4. The van der Waals surface area contributed by atoms with E-state index in [9.17, 15) is 33.5 Å². The van der Waals surface area contributed by atoms with Gasteiger partial charge in [0.25, 0.3) is 0 Å². The van der Waals surface area contributed by atoms with Gasteiger partial charge in [-0.25, -0.2) is 19.0 Å². The van der Waals surface area contributed by atoms with E-state index in [2.05, 4.69) is 20.2 Å². The van der Waals surface area contributed by atoms with Gasteiger partial charge < -0.3 is 19.3 Å². The van der Waals surface area contributed by atoms with Crippen LogP contribution >= 0.6 is 11.6 Å². The van der Waals surface area contributed by atoms with Gasteiger partial charge in [-0.15, -0.1) is 5.10 Å². The third-order valence-electron chi connectivity index (χ3n) is 7.45. The van der Waals surface area contributed by atoms with Crippen molar-refractivity contribution in [2.45, 2.75) is 32.9 Å². The van der Waals surface area contributed by atoms with Crippen LogP contribution in [0.3, 0.4) is 0 Å². The van der Waals surface area contributed by atoms with Crippen molar-refractivity contribution in [1.29, 1.82) is 0 Å². The number of ether oxygens (including phenoxy) is 3. The predicted molar refractivity (Wildman–Crippen MR) is 177 cm³/mol. The number of carbonyl (C=O) groups excluding carboxylic acids is 4. The van der Waals surface area contributed by atoms with Crippen molar-refractivity contribution in [2.75, 3.05) is 20.4 Å². The number of nitrogens with one attached hydrogen (secondary N) is 2. The summed E-state index contributed by atoms with van der Waals surface area (Å²) in [6.45, 7) is 1.96. The van der Waals surface area contributed by atoms with Crippen molar-refractivity contribution >= 4 is 35.4 Å². The molecule has 1 heterocycles. The Balaban J connectivity index is 1.47. The number of carbonyl (C=O) groups is 4. The molecule has 264 valence electrons. The first-order valence-electron chi connectivity index (χ1n) is 15.3. The van der Waals surface area contributed by atoms with Crippen molar-refractivity contribution in [3.8, 4) is 16.8 Å². The number of rotatable bonds is 15. The summed E-state index contributed by atoms with van der Waals surface area (Å²) in [5, 5.41) is 16.3. The molecule has 16 heteroatoms. The van der Waals surface area contributed by atoms with Gasteiger partial charge in [0.1, 0.15) is 5.82 Å². The summed E-state index contributed by atoms with van der Waals surface area (Å²) in [5.41, 5.74) is 3.62. The standard InChI is InChI=1S/C34H35ClFN5O9/c1-20(2)25(16-29(43)48-3)32(45)49-19-50-33(46)28(42)18-40(17-21-9-11-22(12-10-21)26-15-23(35)13-14-27(26)36)39-31(44)30-37-34(47)41(38-30)24-7-5-4-6-8-24/h4-15,20,25,28,42H,16-19H2,1-3H3,(H,39,44)(H,37,38,47)/t25-,28+/m0/s1. The van der Waals surface area contributed by atoms with E-state index < -0.39 is 60.7 Å². The van der Waals surface area contributed by atoms with E-state index in [0.717, 1.165) is 4.68 Å². The van der Waals surface area contributed by atoms with E-state index in [1.54, 1.807) is 68.4 Å². The number of aromatic nitrogens is 3. The Hall–Kier alpha value is -5.38. The molecular weight excluding hydrogens is 677 g/mol. The molecule has 1 aromatic heterocycles. The van der Waals surface area contributed by atoms with E-state index >= 15 is 0 Å². The number of aliphatic hydroxyl groups excluding tert-OH is 1. The summed E-state index contributed by atoms with van der Waals surface area (Å²) in [6.07, 6.45) is -2.09. The lowest BCUT2D eigenvalue weighted by molar-refractivity contribution is -0.178. The summed E-state index contributed by atoms with van der Waals surface area (Å²) in [5.74, 6) is -5.43. The molecule has 0 bridgehead atoms. The fraction of sp³-hybridized carbons (Fsp3) is 0.294. The molecule has 14 nitrogen and oxygen atoms in total. The Morgan fingerprint density at radius 2 is 1.70 bits per heavy atom. The molecule has 0 aliphatic heterocycles. The van der Waals surface area contributed by atoms with Crippen LogP contribution in [0.15, 0.2) is 77.6 Å². The number of amides is 1. The number of aliphatic hydroxyl groups is 1. The van der Waals surface area contributed by atoms with Crippen LogP contribution in [-0.4, -0.2) is 75.2 Å². The number of halogens is 2. The number of benzene rings is 3. The Labute approximate surface area is 290 Å². The van der Waals surface area contributed by atoms with Gasteiger partial charge >= 0.3 is 29.5 Å². The maximum atomic E-state index is 14.4. The Kier molecular flexibility index (Phi) is 13.0. The summed E-state index contributed by atoms with van der Waals surface area (Å²) in [4.78, 5) is 65.0. The van der Waals surface area contributed by atoms with Crippen LogP contribution in [-0.2, 0) is 35.1 Å². The summed E-state index contributed by atoms with van der Waals surface area (Å²) >= 11 is 6.04. The fourth-order valence-electron chi connectivity index (χ4n) is 4.73. The highest BCUT2D eigenvalue weighted by Gasteiger charge is 2.28. The monoisotopic (exact) mass is 711 g/mol. The molecule has 4 aromatic rings. The van der Waals surface area contributed by atoms with Gasteiger partial charge in [0.05, 0.1) is 31.7 Å². The molecule has 0 spiro atoms. The fourth-order valence-corrected chi connectivity index (χ4v) is 4.90. The second kappa shape index (κ2) is 17.3. The lowest BCUT2D eigenvalue weighted by Crippen LogP contribution is -2.48. The van der Waals surface area contributed by atoms with E-state index in [4.69, 9.17) is 21.1 Å². The van der Waals surface area contributed by atoms with Crippen LogP contribution < -0.4 is 11.1 Å². The minimum Gasteiger partial charge on any atom is -0.469 e. The zero-order valence-electron chi connectivity index (χ0n) is 27.3. The van der Waals surface area contributed by atoms with Crippen LogP contribution in [0.1, 0.15) is 36.5 Å². The average Bonchev–Trinajstić information content (AvgIpc) is 3.50. The van der Waals surface area contributed by atoms with Crippen molar-refractivity contribution < 1.29 is 42.9 Å². The first kappa shape index (κ1) is 37.4. The van der Waals surface area contributed by atoms with Crippen LogP contribution in [0.25, 0.3) is 16.8 Å². The number of aromatic amines is 1. The highest BCUT2D eigenvalue weighted by Crippen LogP contribution is 2.26. The van der Waals surface area contributed by atoms with E-state index in [0.29, 0.717) is 21.8 Å². The van der Waals surface area contributed by atoms with E-state index in [-0.39, 0.29) is 30.3 Å². The topological polar surface area (TPSA) is 182 Å². The number of para-hydroxylation sites is 1. The van der Waals surface area contributed by atoms with E-state index in [1.807, 2.05) is 0 Å². The van der Waals surface area contributed by atoms with Crippen molar-refractivity contribution in [3.05, 3.63) is 106 Å². The smallest absolute Gasteiger partial charge is 0.348 e. The van der Waals surface area contributed by atoms with Crippen molar-refractivity contribution in [3.63, 3.8) is 0 Å². The Morgan fingerprint density at radius 1 is 1.02 bits per heavy atom. The number of hydrogen-bond acceptors (Lipinski definition) is 11. The van der Waals surface area contributed by atoms with Gasteiger partial charge in [0.2, 0.25) is 12.6 Å². The lowest BCUT2D eigenvalue weighted by Gasteiger charge is -2.25. The molecule has 0 saturated carbocycles. The second-order valence-electron chi connectivity index (χ2n) is 11.4. The van der Waals surface area contributed by atoms with Gasteiger partial charge in [-0.3, -0.25) is 24.8 Å². The number of esters is 3. The molecule has 0 radical (unpaired) electrons. The average molecular weight is 712 g/mol. The highest BCUT2D eigenvalue weighted by atomic mass is 35.5. The molecule has 3 aromatic carbocycles. The molecule has 2 atom stereocenters. The number of methoxy groups -OCH3 is 1. The highest BCUT2D eigenvalue weighted by molar-refractivity contribution is 6.30. The lowest BCUT2D eigenvalue weighted by atomic mass is 9.93. The number of hydrazine groups is 1. The first-order valence-corrected chi connectivity index (χ1v) is 15.7. The minimum absolute atomic E-state index is 0.0867. The molecule has 3 N–H and O–H groups in total. The van der Waals surface area contributed by atoms with Gasteiger partial charge in [-0.1, -0.05) is 67.9 Å². The first-order chi connectivity index (χ1) is 23.9.